The Morgan fingerprint density at radius 1 is 1.07 bits per heavy atom. The number of benzene rings is 1. The number of ether oxygens (including phenoxy) is 1. The third-order valence-corrected chi connectivity index (χ3v) is 2.14. The molecule has 0 aliphatic rings. The molecule has 0 fully saturated rings. The molecular formula is C12H17BO. The Bertz CT molecular complexity index is 243. The zero-order valence-electron chi connectivity index (χ0n) is 8.83. The summed E-state index contributed by atoms with van der Waals surface area (Å²) >= 11 is 0. The number of unbranched alkanes of at least 4 members (excludes halogenated alkanes) is 2. The van der Waals surface area contributed by atoms with Gasteiger partial charge in [-0.05, 0) is 25.5 Å². The van der Waals surface area contributed by atoms with E-state index in [2.05, 4.69) is 19.1 Å². The molecule has 0 saturated carbocycles. The lowest BCUT2D eigenvalue weighted by Crippen LogP contribution is -1.96. The van der Waals surface area contributed by atoms with Crippen LogP contribution in [0.2, 0.25) is 6.32 Å². The number of aryl methyl sites for hydroxylation is 1. The first kappa shape index (κ1) is 11.2. The van der Waals surface area contributed by atoms with Crippen LogP contribution in [-0.2, 0) is 0 Å². The summed E-state index contributed by atoms with van der Waals surface area (Å²) in [6.45, 7) is 2.87. The SMILES string of the molecule is [B]CCCCCOc1ccc(C)cc1. The van der Waals surface area contributed by atoms with Gasteiger partial charge in [0.1, 0.15) is 5.75 Å². The second-order valence-corrected chi connectivity index (χ2v) is 3.51. The predicted molar refractivity (Wildman–Crippen MR) is 61.1 cm³/mol. The predicted octanol–water partition coefficient (Wildman–Crippen LogP) is 3.13. The van der Waals surface area contributed by atoms with Crippen molar-refractivity contribution >= 4 is 7.85 Å². The van der Waals surface area contributed by atoms with E-state index in [9.17, 15) is 0 Å². The summed E-state index contributed by atoms with van der Waals surface area (Å²) in [5.74, 6) is 0.961. The van der Waals surface area contributed by atoms with Crippen LogP contribution >= 0.6 is 0 Å². The number of hydrogen-bond acceptors (Lipinski definition) is 1. The second-order valence-electron chi connectivity index (χ2n) is 3.51. The maximum atomic E-state index is 5.57. The summed E-state index contributed by atoms with van der Waals surface area (Å²) in [6.07, 6.45) is 4.12. The molecule has 74 valence electrons. The minimum absolute atomic E-state index is 0.782. The fraction of sp³-hybridized carbons (Fsp3) is 0.500. The highest BCUT2D eigenvalue weighted by Crippen LogP contribution is 2.12. The minimum Gasteiger partial charge on any atom is -0.494 e. The van der Waals surface area contributed by atoms with Gasteiger partial charge in [-0.25, -0.2) is 0 Å². The Morgan fingerprint density at radius 3 is 2.43 bits per heavy atom. The fourth-order valence-electron chi connectivity index (χ4n) is 1.25. The van der Waals surface area contributed by atoms with E-state index in [1.165, 1.54) is 5.56 Å². The summed E-state index contributed by atoms with van der Waals surface area (Å²) in [7, 11) is 5.40. The zero-order chi connectivity index (χ0) is 10.2. The topological polar surface area (TPSA) is 9.23 Å². The van der Waals surface area contributed by atoms with Crippen molar-refractivity contribution in [2.45, 2.75) is 32.5 Å². The van der Waals surface area contributed by atoms with E-state index in [4.69, 9.17) is 12.6 Å². The van der Waals surface area contributed by atoms with Gasteiger partial charge in [0.25, 0.3) is 0 Å². The monoisotopic (exact) mass is 188 g/mol. The molecule has 1 nitrogen and oxygen atoms in total. The molecular weight excluding hydrogens is 171 g/mol. The van der Waals surface area contributed by atoms with Crippen LogP contribution in [0.5, 0.6) is 5.75 Å². The fourth-order valence-corrected chi connectivity index (χ4v) is 1.25. The van der Waals surface area contributed by atoms with Crippen molar-refractivity contribution in [1.29, 1.82) is 0 Å². The molecule has 14 heavy (non-hydrogen) atoms. The number of rotatable bonds is 6. The molecule has 0 unspecified atom stereocenters. The largest absolute Gasteiger partial charge is 0.494 e. The van der Waals surface area contributed by atoms with Gasteiger partial charge in [-0.2, -0.15) is 0 Å². The lowest BCUT2D eigenvalue weighted by Gasteiger charge is -2.05. The van der Waals surface area contributed by atoms with Crippen molar-refractivity contribution in [3.05, 3.63) is 29.8 Å². The minimum atomic E-state index is 0.782. The molecule has 0 spiro atoms. The maximum Gasteiger partial charge on any atom is 0.119 e. The van der Waals surface area contributed by atoms with Gasteiger partial charge < -0.3 is 4.74 Å². The lowest BCUT2D eigenvalue weighted by atomic mass is 10.00. The van der Waals surface area contributed by atoms with E-state index in [1.807, 2.05) is 12.1 Å². The van der Waals surface area contributed by atoms with Gasteiger partial charge in [-0.3, -0.25) is 0 Å². The molecule has 0 N–H and O–H groups in total. The van der Waals surface area contributed by atoms with Gasteiger partial charge in [0.15, 0.2) is 0 Å². The van der Waals surface area contributed by atoms with E-state index in [0.29, 0.717) is 0 Å². The van der Waals surface area contributed by atoms with Gasteiger partial charge in [0.05, 0.1) is 14.5 Å². The summed E-state index contributed by atoms with van der Waals surface area (Å²) in [5, 5.41) is 0. The van der Waals surface area contributed by atoms with Crippen molar-refractivity contribution < 1.29 is 4.74 Å². The average Bonchev–Trinajstić information content (AvgIpc) is 2.21. The molecule has 0 amide bonds. The van der Waals surface area contributed by atoms with E-state index in [-0.39, 0.29) is 0 Å². The molecule has 1 rings (SSSR count). The molecule has 1 aromatic carbocycles. The highest BCUT2D eigenvalue weighted by molar-refractivity contribution is 6.08. The Balaban J connectivity index is 2.15. The second kappa shape index (κ2) is 6.53. The molecule has 0 heterocycles. The van der Waals surface area contributed by atoms with Crippen LogP contribution < -0.4 is 4.74 Å². The molecule has 2 heteroatoms. The lowest BCUT2D eigenvalue weighted by molar-refractivity contribution is 0.306. The van der Waals surface area contributed by atoms with Crippen molar-refractivity contribution in [2.24, 2.45) is 0 Å². The van der Waals surface area contributed by atoms with Gasteiger partial charge in [-0.15, -0.1) is 0 Å². The number of hydrogen-bond donors (Lipinski definition) is 0. The van der Waals surface area contributed by atoms with Crippen molar-refractivity contribution in [3.8, 4) is 5.75 Å². The summed E-state index contributed by atoms with van der Waals surface area (Å²) < 4.78 is 5.57. The highest BCUT2D eigenvalue weighted by Gasteiger charge is 1.92. The Kier molecular flexibility index (Phi) is 5.20. The Hall–Kier alpha value is -0.915. The van der Waals surface area contributed by atoms with Crippen LogP contribution in [0.25, 0.3) is 0 Å². The Labute approximate surface area is 87.9 Å². The first-order chi connectivity index (χ1) is 6.83. The van der Waals surface area contributed by atoms with Crippen LogP contribution in [0, 0.1) is 6.92 Å². The Morgan fingerprint density at radius 2 is 1.79 bits per heavy atom. The first-order valence-electron chi connectivity index (χ1n) is 5.22. The third kappa shape index (κ3) is 4.36. The highest BCUT2D eigenvalue weighted by atomic mass is 16.5. The van der Waals surface area contributed by atoms with Crippen LogP contribution in [0.4, 0.5) is 0 Å². The average molecular weight is 188 g/mol. The van der Waals surface area contributed by atoms with Crippen molar-refractivity contribution in [1.82, 2.24) is 0 Å². The molecule has 0 aliphatic heterocycles. The molecule has 0 saturated heterocycles. The van der Waals surface area contributed by atoms with Gasteiger partial charge in [0.2, 0.25) is 0 Å². The molecule has 0 aromatic heterocycles. The quantitative estimate of drug-likeness (QED) is 0.492. The third-order valence-electron chi connectivity index (χ3n) is 2.14. The van der Waals surface area contributed by atoms with Crippen LogP contribution in [-0.4, -0.2) is 14.5 Å². The summed E-state index contributed by atoms with van der Waals surface area (Å²) in [4.78, 5) is 0. The van der Waals surface area contributed by atoms with E-state index >= 15 is 0 Å². The first-order valence-corrected chi connectivity index (χ1v) is 5.22. The van der Waals surface area contributed by atoms with E-state index in [0.717, 1.165) is 37.9 Å². The molecule has 0 bridgehead atoms. The molecule has 1 aromatic rings. The molecule has 2 radical (unpaired) electrons. The van der Waals surface area contributed by atoms with Crippen molar-refractivity contribution in [2.75, 3.05) is 6.61 Å². The van der Waals surface area contributed by atoms with E-state index < -0.39 is 0 Å². The van der Waals surface area contributed by atoms with Crippen LogP contribution in [0.1, 0.15) is 24.8 Å². The molecule has 0 atom stereocenters. The zero-order valence-corrected chi connectivity index (χ0v) is 8.83. The molecule has 0 aliphatic carbocycles. The standard InChI is InChI=1S/C12H17BO/c1-11-5-7-12(8-6-11)14-10-4-2-3-9-13/h5-8H,2-4,9-10H2,1H3. The van der Waals surface area contributed by atoms with Crippen LogP contribution in [0.15, 0.2) is 24.3 Å². The van der Waals surface area contributed by atoms with E-state index in [1.54, 1.807) is 0 Å². The summed E-state index contributed by atoms with van der Waals surface area (Å²) in [6, 6.07) is 8.15. The van der Waals surface area contributed by atoms with Crippen LogP contribution in [0.3, 0.4) is 0 Å². The van der Waals surface area contributed by atoms with Gasteiger partial charge in [0, 0.05) is 0 Å². The van der Waals surface area contributed by atoms with Gasteiger partial charge >= 0.3 is 0 Å². The van der Waals surface area contributed by atoms with Crippen molar-refractivity contribution in [3.63, 3.8) is 0 Å². The summed E-state index contributed by atoms with van der Waals surface area (Å²) in [5.41, 5.74) is 1.26. The maximum absolute atomic E-state index is 5.57. The normalized spacial score (nSPS) is 10.1. The smallest absolute Gasteiger partial charge is 0.119 e. The van der Waals surface area contributed by atoms with Gasteiger partial charge in [-0.1, -0.05) is 36.9 Å².